The summed E-state index contributed by atoms with van der Waals surface area (Å²) < 4.78 is 4.85. The van der Waals surface area contributed by atoms with Crippen molar-refractivity contribution in [1.29, 1.82) is 0 Å². The average molecular weight is 215 g/mol. The van der Waals surface area contributed by atoms with E-state index in [9.17, 15) is 9.59 Å². The standard InChI is InChI=1S/C10H17NO4/c11-7(10(13)14)4-2-1-3-5-8(12)9-6-15-9/h7,9H,1-6,11H2,(H,13,14)/t7-,9?/m1/s1. The molecule has 0 amide bonds. The van der Waals surface area contributed by atoms with Gasteiger partial charge in [0.15, 0.2) is 5.78 Å². The van der Waals surface area contributed by atoms with E-state index in [2.05, 4.69) is 0 Å². The fourth-order valence-corrected chi connectivity index (χ4v) is 1.36. The SMILES string of the molecule is N[C@H](CCCCCC(=O)C1CO1)C(=O)O. The van der Waals surface area contributed by atoms with Crippen LogP contribution in [0.5, 0.6) is 0 Å². The van der Waals surface area contributed by atoms with Gasteiger partial charge < -0.3 is 15.6 Å². The topological polar surface area (TPSA) is 92.9 Å². The van der Waals surface area contributed by atoms with Crippen LogP contribution in [-0.4, -0.2) is 35.6 Å². The van der Waals surface area contributed by atoms with Crippen LogP contribution >= 0.6 is 0 Å². The van der Waals surface area contributed by atoms with Gasteiger partial charge in [0.05, 0.1) is 6.61 Å². The van der Waals surface area contributed by atoms with Gasteiger partial charge in [0.2, 0.25) is 0 Å². The molecule has 3 N–H and O–H groups in total. The van der Waals surface area contributed by atoms with Gasteiger partial charge in [-0.05, 0) is 12.8 Å². The van der Waals surface area contributed by atoms with E-state index in [4.69, 9.17) is 15.6 Å². The minimum absolute atomic E-state index is 0.147. The molecule has 0 aromatic heterocycles. The monoisotopic (exact) mass is 215 g/mol. The third-order valence-corrected chi connectivity index (χ3v) is 2.45. The van der Waals surface area contributed by atoms with Crippen LogP contribution in [0.2, 0.25) is 0 Å². The third-order valence-electron chi connectivity index (χ3n) is 2.45. The maximum Gasteiger partial charge on any atom is 0.320 e. The molecule has 0 aromatic carbocycles. The summed E-state index contributed by atoms with van der Waals surface area (Å²) in [6, 6.07) is -0.771. The highest BCUT2D eigenvalue weighted by Crippen LogP contribution is 2.14. The van der Waals surface area contributed by atoms with Gasteiger partial charge in [-0.1, -0.05) is 12.8 Å². The second-order valence-electron chi connectivity index (χ2n) is 3.83. The maximum atomic E-state index is 11.2. The van der Waals surface area contributed by atoms with Crippen molar-refractivity contribution >= 4 is 11.8 Å². The lowest BCUT2D eigenvalue weighted by Crippen LogP contribution is -2.29. The molecule has 0 spiro atoms. The van der Waals surface area contributed by atoms with Crippen molar-refractivity contribution in [2.75, 3.05) is 6.61 Å². The van der Waals surface area contributed by atoms with Gasteiger partial charge in [-0.25, -0.2) is 0 Å². The minimum Gasteiger partial charge on any atom is -0.480 e. The van der Waals surface area contributed by atoms with Crippen molar-refractivity contribution in [3.63, 3.8) is 0 Å². The Labute approximate surface area is 88.6 Å². The molecule has 1 unspecified atom stereocenters. The van der Waals surface area contributed by atoms with Crippen molar-refractivity contribution in [2.24, 2.45) is 5.73 Å². The molecule has 0 radical (unpaired) electrons. The Morgan fingerprint density at radius 1 is 1.40 bits per heavy atom. The lowest BCUT2D eigenvalue weighted by molar-refractivity contribution is -0.138. The number of carboxylic acids is 1. The van der Waals surface area contributed by atoms with E-state index in [-0.39, 0.29) is 11.9 Å². The fraction of sp³-hybridized carbons (Fsp3) is 0.800. The Balaban J connectivity index is 1.92. The number of hydrogen-bond donors (Lipinski definition) is 2. The number of ketones is 1. The molecule has 5 heteroatoms. The average Bonchev–Trinajstić information content (AvgIpc) is 2.99. The molecule has 0 saturated carbocycles. The van der Waals surface area contributed by atoms with Crippen LogP contribution in [0.15, 0.2) is 0 Å². The number of unbranched alkanes of at least 4 members (excludes halogenated alkanes) is 2. The molecule has 1 rings (SSSR count). The van der Waals surface area contributed by atoms with Crippen LogP contribution in [0.4, 0.5) is 0 Å². The van der Waals surface area contributed by atoms with Gasteiger partial charge in [0.25, 0.3) is 0 Å². The normalized spacial score (nSPS) is 21.0. The number of nitrogens with two attached hydrogens (primary N) is 1. The molecule has 1 aliphatic rings. The summed E-state index contributed by atoms with van der Waals surface area (Å²) in [5.41, 5.74) is 5.33. The number of carboxylic acid groups (broad SMARTS) is 1. The van der Waals surface area contributed by atoms with E-state index in [1.165, 1.54) is 0 Å². The molecule has 1 saturated heterocycles. The summed E-state index contributed by atoms with van der Waals surface area (Å²) in [4.78, 5) is 21.5. The quantitative estimate of drug-likeness (QED) is 0.449. The summed E-state index contributed by atoms with van der Waals surface area (Å²) in [6.45, 7) is 0.572. The third kappa shape index (κ3) is 4.90. The Kier molecular flexibility index (Phi) is 4.71. The van der Waals surface area contributed by atoms with Gasteiger partial charge in [0.1, 0.15) is 12.1 Å². The Bertz CT molecular complexity index is 238. The van der Waals surface area contributed by atoms with Gasteiger partial charge in [0, 0.05) is 6.42 Å². The van der Waals surface area contributed by atoms with Crippen LogP contribution in [-0.2, 0) is 14.3 Å². The molecule has 5 nitrogen and oxygen atoms in total. The molecular weight excluding hydrogens is 198 g/mol. The van der Waals surface area contributed by atoms with E-state index >= 15 is 0 Å². The summed E-state index contributed by atoms with van der Waals surface area (Å²) >= 11 is 0. The van der Waals surface area contributed by atoms with Crippen molar-refractivity contribution in [3.05, 3.63) is 0 Å². The molecular formula is C10H17NO4. The molecule has 86 valence electrons. The van der Waals surface area contributed by atoms with Crippen LogP contribution in [0.25, 0.3) is 0 Å². The number of carbonyl (C=O) groups is 2. The lowest BCUT2D eigenvalue weighted by Gasteiger charge is -2.04. The number of epoxide rings is 1. The molecule has 2 atom stereocenters. The Morgan fingerprint density at radius 2 is 2.07 bits per heavy atom. The zero-order valence-corrected chi connectivity index (χ0v) is 8.65. The van der Waals surface area contributed by atoms with Gasteiger partial charge in [-0.15, -0.1) is 0 Å². The second-order valence-corrected chi connectivity index (χ2v) is 3.83. The highest BCUT2D eigenvalue weighted by molar-refractivity contribution is 5.84. The first kappa shape index (κ1) is 12.1. The molecule has 0 aliphatic carbocycles. The Hall–Kier alpha value is -0.940. The highest BCUT2D eigenvalue weighted by Gasteiger charge is 2.29. The van der Waals surface area contributed by atoms with Gasteiger partial charge in [-0.2, -0.15) is 0 Å². The van der Waals surface area contributed by atoms with Crippen molar-refractivity contribution in [1.82, 2.24) is 0 Å². The summed E-state index contributed by atoms with van der Waals surface area (Å²) in [5.74, 6) is -0.796. The Morgan fingerprint density at radius 3 is 2.60 bits per heavy atom. The van der Waals surface area contributed by atoms with E-state index < -0.39 is 12.0 Å². The number of aliphatic carboxylic acids is 1. The zero-order chi connectivity index (χ0) is 11.3. The molecule has 0 aromatic rings. The smallest absolute Gasteiger partial charge is 0.320 e. The van der Waals surface area contributed by atoms with Crippen molar-refractivity contribution in [3.8, 4) is 0 Å². The predicted octanol–water partition coefficient (Wildman–Crippen LogP) is 0.317. The first-order valence-electron chi connectivity index (χ1n) is 5.24. The first-order chi connectivity index (χ1) is 7.11. The highest BCUT2D eigenvalue weighted by atomic mass is 16.6. The van der Waals surface area contributed by atoms with Crippen molar-refractivity contribution < 1.29 is 19.4 Å². The maximum absolute atomic E-state index is 11.2. The summed E-state index contributed by atoms with van der Waals surface area (Å²) in [5, 5.41) is 8.51. The number of hydrogen-bond acceptors (Lipinski definition) is 4. The molecule has 1 fully saturated rings. The number of ether oxygens (including phenoxy) is 1. The van der Waals surface area contributed by atoms with E-state index in [1.807, 2.05) is 0 Å². The minimum atomic E-state index is -0.961. The van der Waals surface area contributed by atoms with Crippen molar-refractivity contribution in [2.45, 2.75) is 44.2 Å². The predicted molar refractivity (Wildman–Crippen MR) is 53.4 cm³/mol. The molecule has 1 heterocycles. The van der Waals surface area contributed by atoms with Crippen LogP contribution < -0.4 is 5.73 Å². The van der Waals surface area contributed by atoms with Crippen LogP contribution in [0, 0.1) is 0 Å². The number of carbonyl (C=O) groups excluding carboxylic acids is 1. The number of rotatable bonds is 8. The van der Waals surface area contributed by atoms with E-state index in [0.29, 0.717) is 19.4 Å². The van der Waals surface area contributed by atoms with E-state index in [1.54, 1.807) is 0 Å². The first-order valence-corrected chi connectivity index (χ1v) is 5.24. The largest absolute Gasteiger partial charge is 0.480 e. The van der Waals surface area contributed by atoms with E-state index in [0.717, 1.165) is 19.3 Å². The van der Waals surface area contributed by atoms with Crippen LogP contribution in [0.3, 0.4) is 0 Å². The zero-order valence-electron chi connectivity index (χ0n) is 8.65. The molecule has 1 aliphatic heterocycles. The van der Waals surface area contributed by atoms with Gasteiger partial charge >= 0.3 is 5.97 Å². The molecule has 0 bridgehead atoms. The lowest BCUT2D eigenvalue weighted by atomic mass is 10.1. The second kappa shape index (κ2) is 5.82. The van der Waals surface area contributed by atoms with Gasteiger partial charge in [-0.3, -0.25) is 9.59 Å². The van der Waals surface area contributed by atoms with Crippen LogP contribution in [0.1, 0.15) is 32.1 Å². The summed E-state index contributed by atoms with van der Waals surface area (Å²) in [6.07, 6.45) is 3.26. The fourth-order valence-electron chi connectivity index (χ4n) is 1.36. The molecule has 15 heavy (non-hydrogen) atoms. The number of Topliss-reactive ketones (excluding diaryl/α,β-unsaturated/α-hetero) is 1. The summed E-state index contributed by atoms with van der Waals surface area (Å²) in [7, 11) is 0.